The van der Waals surface area contributed by atoms with E-state index in [1.165, 1.54) is 70.6 Å². The molecule has 0 amide bonds. The lowest BCUT2D eigenvalue weighted by molar-refractivity contribution is -0.226. The summed E-state index contributed by atoms with van der Waals surface area (Å²) >= 11 is 0. The van der Waals surface area contributed by atoms with Gasteiger partial charge in [-0.25, -0.2) is 0 Å². The highest BCUT2D eigenvalue weighted by Crippen LogP contribution is 2.76. The summed E-state index contributed by atoms with van der Waals surface area (Å²) in [7, 11) is 0. The highest BCUT2D eigenvalue weighted by Gasteiger charge is 2.68. The van der Waals surface area contributed by atoms with Crippen molar-refractivity contribution in [2.45, 2.75) is 112 Å². The molecule has 0 unspecified atom stereocenters. The molecule has 7 atom stereocenters. The van der Waals surface area contributed by atoms with E-state index in [-0.39, 0.29) is 0 Å². The van der Waals surface area contributed by atoms with Crippen molar-refractivity contribution in [1.82, 2.24) is 0 Å². The van der Waals surface area contributed by atoms with E-state index in [0.29, 0.717) is 27.1 Å². The minimum absolute atomic E-state index is 0.532. The number of rotatable bonds is 0. The van der Waals surface area contributed by atoms with Crippen LogP contribution in [0.1, 0.15) is 112 Å². The molecule has 0 heteroatoms. The van der Waals surface area contributed by atoms with Crippen molar-refractivity contribution in [2.75, 3.05) is 0 Å². The van der Waals surface area contributed by atoms with Gasteiger partial charge in [-0.1, -0.05) is 59.6 Å². The van der Waals surface area contributed by atoms with Crippen molar-refractivity contribution in [3.63, 3.8) is 0 Å². The Labute approximate surface area is 169 Å². The molecule has 5 rings (SSSR count). The first-order valence-electron chi connectivity index (χ1n) is 12.3. The molecule has 0 N–H and O–H groups in total. The van der Waals surface area contributed by atoms with Crippen LogP contribution in [-0.4, -0.2) is 0 Å². The lowest BCUT2D eigenvalue weighted by Gasteiger charge is -2.72. The van der Waals surface area contributed by atoms with E-state index in [4.69, 9.17) is 0 Å². The lowest BCUT2D eigenvalue weighted by atomic mass is 9.32. The van der Waals surface area contributed by atoms with Gasteiger partial charge in [-0.15, -0.1) is 0 Å². The number of allylic oxidation sites excluding steroid dienone is 2. The van der Waals surface area contributed by atoms with E-state index in [2.05, 4.69) is 47.6 Å². The predicted octanol–water partition coefficient (Wildman–Crippen LogP) is 8.17. The fraction of sp³-hybridized carbons (Fsp3) is 0.926. The second-order valence-corrected chi connectivity index (χ2v) is 13.1. The summed E-state index contributed by atoms with van der Waals surface area (Å²) in [4.78, 5) is 0. The largest absolute Gasteiger partial charge is 0.0847 e. The van der Waals surface area contributed by atoms with Gasteiger partial charge < -0.3 is 0 Å². The molecule has 5 aliphatic rings. The summed E-state index contributed by atoms with van der Waals surface area (Å²) in [5.41, 5.74) is 4.66. The Hall–Kier alpha value is -0.260. The van der Waals surface area contributed by atoms with Gasteiger partial charge in [-0.05, 0) is 109 Å². The van der Waals surface area contributed by atoms with Gasteiger partial charge in [-0.3, -0.25) is 0 Å². The second-order valence-electron chi connectivity index (χ2n) is 13.1. The SMILES string of the molecule is CC1(C)CCC[C@]2(C)[C@H]3CC[C@@H]4[C@@]5(C)CCC=C5CC[C@@]4(C)[C@]3(C)CC[C@@H]12. The summed E-state index contributed by atoms with van der Waals surface area (Å²) in [6, 6.07) is 0. The summed E-state index contributed by atoms with van der Waals surface area (Å²) in [5, 5.41) is 0. The molecule has 0 heterocycles. The quantitative estimate of drug-likeness (QED) is 0.378. The molecule has 0 nitrogen and oxygen atoms in total. The maximum absolute atomic E-state index is 2.78. The summed E-state index contributed by atoms with van der Waals surface area (Å²) < 4.78 is 0. The third kappa shape index (κ3) is 2.12. The summed E-state index contributed by atoms with van der Waals surface area (Å²) in [5.74, 6) is 2.85. The van der Waals surface area contributed by atoms with Crippen molar-refractivity contribution >= 4 is 0 Å². The molecule has 0 radical (unpaired) electrons. The Morgan fingerprint density at radius 1 is 0.704 bits per heavy atom. The minimum atomic E-state index is 0.532. The Kier molecular flexibility index (Phi) is 3.79. The smallest absolute Gasteiger partial charge is 0.00798 e. The molecule has 0 aromatic heterocycles. The van der Waals surface area contributed by atoms with Crippen molar-refractivity contribution < 1.29 is 0 Å². The molecule has 4 fully saturated rings. The fourth-order valence-corrected chi connectivity index (χ4v) is 10.6. The first kappa shape index (κ1) is 18.7. The zero-order chi connectivity index (χ0) is 19.3. The van der Waals surface area contributed by atoms with Crippen LogP contribution in [0.4, 0.5) is 0 Å². The molecule has 152 valence electrons. The van der Waals surface area contributed by atoms with Gasteiger partial charge in [-0.2, -0.15) is 0 Å². The Balaban J connectivity index is 1.57. The lowest BCUT2D eigenvalue weighted by Crippen LogP contribution is -2.65. The van der Waals surface area contributed by atoms with Crippen LogP contribution >= 0.6 is 0 Å². The van der Waals surface area contributed by atoms with E-state index in [1.54, 1.807) is 0 Å². The molecule has 5 aliphatic carbocycles. The van der Waals surface area contributed by atoms with Gasteiger partial charge in [0.1, 0.15) is 0 Å². The Morgan fingerprint density at radius 2 is 1.41 bits per heavy atom. The van der Waals surface area contributed by atoms with Crippen LogP contribution in [0.15, 0.2) is 11.6 Å². The third-order valence-electron chi connectivity index (χ3n) is 12.1. The molecule has 0 saturated heterocycles. The van der Waals surface area contributed by atoms with Crippen molar-refractivity contribution in [2.24, 2.45) is 44.8 Å². The second kappa shape index (κ2) is 5.46. The normalized spacial score (nSPS) is 56.4. The highest BCUT2D eigenvalue weighted by molar-refractivity contribution is 5.29. The highest BCUT2D eigenvalue weighted by atomic mass is 14.7. The van der Waals surface area contributed by atoms with Crippen molar-refractivity contribution in [3.05, 3.63) is 11.6 Å². The number of fused-ring (bicyclic) bond motifs is 7. The van der Waals surface area contributed by atoms with E-state index in [1.807, 2.05) is 5.57 Å². The van der Waals surface area contributed by atoms with Gasteiger partial charge in [0.15, 0.2) is 0 Å². The zero-order valence-corrected chi connectivity index (χ0v) is 19.1. The maximum Gasteiger partial charge on any atom is -0.00798 e. The Bertz CT molecular complexity index is 670. The van der Waals surface area contributed by atoms with Crippen molar-refractivity contribution in [1.29, 1.82) is 0 Å². The Morgan fingerprint density at radius 3 is 2.19 bits per heavy atom. The number of hydrogen-bond acceptors (Lipinski definition) is 0. The van der Waals surface area contributed by atoms with Crippen molar-refractivity contribution in [3.8, 4) is 0 Å². The monoisotopic (exact) mass is 368 g/mol. The van der Waals surface area contributed by atoms with E-state index in [0.717, 1.165) is 17.8 Å². The zero-order valence-electron chi connectivity index (χ0n) is 19.1. The maximum atomic E-state index is 2.78. The van der Waals surface area contributed by atoms with Crippen LogP contribution < -0.4 is 0 Å². The number of hydrogen-bond donors (Lipinski definition) is 0. The van der Waals surface area contributed by atoms with Crippen LogP contribution in [0.2, 0.25) is 0 Å². The molecule has 4 saturated carbocycles. The molecule has 0 spiro atoms. The van der Waals surface area contributed by atoms with Gasteiger partial charge in [0.25, 0.3) is 0 Å². The van der Waals surface area contributed by atoms with Crippen LogP contribution in [-0.2, 0) is 0 Å². The molecular formula is C27H44. The third-order valence-corrected chi connectivity index (χ3v) is 12.1. The predicted molar refractivity (Wildman–Crippen MR) is 116 cm³/mol. The van der Waals surface area contributed by atoms with Crippen LogP contribution in [0.3, 0.4) is 0 Å². The van der Waals surface area contributed by atoms with Gasteiger partial charge in [0.2, 0.25) is 0 Å². The van der Waals surface area contributed by atoms with Gasteiger partial charge >= 0.3 is 0 Å². The topological polar surface area (TPSA) is 0 Å². The standard InChI is InChI=1S/C27H44/c1-23(2)14-8-16-25(4)20(23)13-18-27(6)22(25)11-10-21-24(3)15-7-9-19(24)12-17-26(21,27)5/h9,20-22H,7-8,10-18H2,1-6H3/t20-,21+,22+,24-,25-,26+,27+/m0/s1. The molecular weight excluding hydrogens is 324 g/mol. The summed E-state index contributed by atoms with van der Waals surface area (Å²) in [6.45, 7) is 16.1. The average molecular weight is 369 g/mol. The van der Waals surface area contributed by atoms with Crippen LogP contribution in [0, 0.1) is 44.8 Å². The van der Waals surface area contributed by atoms with Gasteiger partial charge in [0.05, 0.1) is 0 Å². The van der Waals surface area contributed by atoms with E-state index >= 15 is 0 Å². The molecule has 0 bridgehead atoms. The molecule has 0 aromatic rings. The molecule has 27 heavy (non-hydrogen) atoms. The minimum Gasteiger partial charge on any atom is -0.0847 e. The van der Waals surface area contributed by atoms with E-state index in [9.17, 15) is 0 Å². The molecule has 0 aromatic carbocycles. The van der Waals surface area contributed by atoms with E-state index < -0.39 is 0 Å². The summed E-state index contributed by atoms with van der Waals surface area (Å²) in [6.07, 6.45) is 18.8. The van der Waals surface area contributed by atoms with Crippen LogP contribution in [0.25, 0.3) is 0 Å². The van der Waals surface area contributed by atoms with Crippen LogP contribution in [0.5, 0.6) is 0 Å². The fourth-order valence-electron chi connectivity index (χ4n) is 10.6. The first-order valence-corrected chi connectivity index (χ1v) is 12.3. The molecule has 0 aliphatic heterocycles. The first-order chi connectivity index (χ1) is 12.6. The average Bonchev–Trinajstić information content (AvgIpc) is 2.96. The van der Waals surface area contributed by atoms with Gasteiger partial charge in [0, 0.05) is 0 Å².